The third-order valence-corrected chi connectivity index (χ3v) is 4.18. The van der Waals surface area contributed by atoms with Crippen molar-refractivity contribution in [3.05, 3.63) is 0 Å². The summed E-state index contributed by atoms with van der Waals surface area (Å²) in [4.78, 5) is 27.7. The van der Waals surface area contributed by atoms with Gasteiger partial charge >= 0.3 is 5.97 Å². The van der Waals surface area contributed by atoms with Crippen molar-refractivity contribution >= 4 is 11.9 Å². The van der Waals surface area contributed by atoms with E-state index in [4.69, 9.17) is 4.74 Å². The molecular weight excluding hydrogens is 244 g/mol. The van der Waals surface area contributed by atoms with Gasteiger partial charge in [0, 0.05) is 19.1 Å². The third kappa shape index (κ3) is 3.93. The molecule has 0 aromatic heterocycles. The first-order chi connectivity index (χ1) is 9.20. The van der Waals surface area contributed by atoms with Gasteiger partial charge in [-0.2, -0.15) is 0 Å². The van der Waals surface area contributed by atoms with Crippen molar-refractivity contribution in [2.75, 3.05) is 33.3 Å². The van der Waals surface area contributed by atoms with E-state index in [0.717, 1.165) is 51.7 Å². The molecule has 0 aromatic carbocycles. The number of hydrogen-bond donors (Lipinski definition) is 0. The Labute approximate surface area is 114 Å². The van der Waals surface area contributed by atoms with Crippen LogP contribution in [-0.4, -0.2) is 61.0 Å². The Balaban J connectivity index is 1.87. The van der Waals surface area contributed by atoms with Crippen LogP contribution in [0.25, 0.3) is 0 Å². The maximum absolute atomic E-state index is 12.2. The molecule has 2 saturated heterocycles. The number of likely N-dealkylation sites (tertiary alicyclic amines) is 2. The lowest BCUT2D eigenvalue weighted by Crippen LogP contribution is -2.47. The summed E-state index contributed by atoms with van der Waals surface area (Å²) >= 11 is 0. The van der Waals surface area contributed by atoms with Crippen molar-refractivity contribution in [2.24, 2.45) is 0 Å². The lowest BCUT2D eigenvalue weighted by Gasteiger charge is -2.35. The topological polar surface area (TPSA) is 49.9 Å². The highest BCUT2D eigenvalue weighted by Gasteiger charge is 2.28. The van der Waals surface area contributed by atoms with E-state index in [9.17, 15) is 9.59 Å². The molecule has 0 aromatic rings. The summed E-state index contributed by atoms with van der Waals surface area (Å²) in [6, 6.07) is 0.174. The molecule has 0 radical (unpaired) electrons. The Morgan fingerprint density at radius 2 is 1.79 bits per heavy atom. The van der Waals surface area contributed by atoms with Crippen LogP contribution in [-0.2, 0) is 14.3 Å². The predicted octanol–water partition coefficient (Wildman–Crippen LogP) is 1.03. The van der Waals surface area contributed by atoms with Crippen LogP contribution in [0.5, 0.6) is 0 Å². The van der Waals surface area contributed by atoms with Crippen LogP contribution >= 0.6 is 0 Å². The minimum absolute atomic E-state index is 0.174. The summed E-state index contributed by atoms with van der Waals surface area (Å²) in [5.41, 5.74) is 0. The molecule has 1 atom stereocenters. The van der Waals surface area contributed by atoms with Gasteiger partial charge in [0.1, 0.15) is 0 Å². The molecule has 5 heteroatoms. The number of piperidine rings is 1. The zero-order valence-electron chi connectivity index (χ0n) is 11.8. The van der Waals surface area contributed by atoms with E-state index in [1.165, 1.54) is 7.11 Å². The van der Waals surface area contributed by atoms with E-state index >= 15 is 0 Å². The van der Waals surface area contributed by atoms with Gasteiger partial charge in [-0.1, -0.05) is 6.42 Å². The Kier molecular flexibility index (Phi) is 5.19. The molecule has 2 aliphatic rings. The molecule has 108 valence electrons. The fourth-order valence-corrected chi connectivity index (χ4v) is 3.02. The van der Waals surface area contributed by atoms with Crippen LogP contribution in [0.1, 0.15) is 38.5 Å². The Morgan fingerprint density at radius 3 is 2.47 bits per heavy atom. The molecular formula is C14H24N2O3. The Bertz CT molecular complexity index is 327. The second-order valence-corrected chi connectivity index (χ2v) is 5.49. The van der Waals surface area contributed by atoms with E-state index in [1.807, 2.05) is 4.90 Å². The van der Waals surface area contributed by atoms with E-state index in [0.29, 0.717) is 13.0 Å². The average molecular weight is 268 g/mol. The van der Waals surface area contributed by atoms with E-state index < -0.39 is 0 Å². The van der Waals surface area contributed by atoms with Gasteiger partial charge in [-0.25, -0.2) is 0 Å². The lowest BCUT2D eigenvalue weighted by atomic mass is 9.99. The van der Waals surface area contributed by atoms with Gasteiger partial charge in [0.25, 0.3) is 0 Å². The zero-order chi connectivity index (χ0) is 13.7. The summed E-state index contributed by atoms with van der Waals surface area (Å²) in [6.07, 6.45) is 5.89. The zero-order valence-corrected chi connectivity index (χ0v) is 11.8. The first-order valence-corrected chi connectivity index (χ1v) is 7.29. The number of rotatable bonds is 4. The van der Waals surface area contributed by atoms with E-state index in [-0.39, 0.29) is 17.9 Å². The molecule has 2 aliphatic heterocycles. The van der Waals surface area contributed by atoms with Crippen LogP contribution in [0, 0.1) is 0 Å². The molecule has 0 bridgehead atoms. The second kappa shape index (κ2) is 6.89. The molecule has 2 fully saturated rings. The normalized spacial score (nSPS) is 24.5. The number of carbonyl (C=O) groups excluding carboxylic acids is 2. The Hall–Kier alpha value is -1.10. The second-order valence-electron chi connectivity index (χ2n) is 5.49. The van der Waals surface area contributed by atoms with Gasteiger partial charge in [0.2, 0.25) is 5.91 Å². The van der Waals surface area contributed by atoms with Crippen LogP contribution < -0.4 is 0 Å². The number of esters is 1. The molecule has 2 heterocycles. The van der Waals surface area contributed by atoms with Gasteiger partial charge in [-0.15, -0.1) is 0 Å². The number of carbonyl (C=O) groups is 2. The van der Waals surface area contributed by atoms with Crippen molar-refractivity contribution < 1.29 is 14.3 Å². The fourth-order valence-electron chi connectivity index (χ4n) is 3.02. The SMILES string of the molecule is COC(=O)CC1CCCCN1CC(=O)N1CCCC1. The number of nitrogens with zero attached hydrogens (tertiary/aromatic N) is 2. The van der Waals surface area contributed by atoms with Crippen molar-refractivity contribution in [1.29, 1.82) is 0 Å². The highest BCUT2D eigenvalue weighted by molar-refractivity contribution is 5.78. The minimum atomic E-state index is -0.175. The van der Waals surface area contributed by atoms with Crippen LogP contribution in [0.4, 0.5) is 0 Å². The summed E-state index contributed by atoms with van der Waals surface area (Å²) < 4.78 is 4.75. The summed E-state index contributed by atoms with van der Waals surface area (Å²) in [5, 5.41) is 0. The first kappa shape index (κ1) is 14.3. The number of ether oxygens (including phenoxy) is 1. The third-order valence-electron chi connectivity index (χ3n) is 4.18. The minimum Gasteiger partial charge on any atom is -0.469 e. The molecule has 5 nitrogen and oxygen atoms in total. The van der Waals surface area contributed by atoms with Gasteiger partial charge in [0.05, 0.1) is 20.1 Å². The molecule has 0 aliphatic carbocycles. The standard InChI is InChI=1S/C14H24N2O3/c1-19-14(18)10-12-6-2-3-9-16(12)11-13(17)15-7-4-5-8-15/h12H,2-11H2,1H3. The number of amides is 1. The molecule has 1 unspecified atom stereocenters. The number of hydrogen-bond acceptors (Lipinski definition) is 4. The van der Waals surface area contributed by atoms with Crippen molar-refractivity contribution in [2.45, 2.75) is 44.6 Å². The monoisotopic (exact) mass is 268 g/mol. The summed E-state index contributed by atoms with van der Waals surface area (Å²) in [7, 11) is 1.42. The van der Waals surface area contributed by atoms with E-state index in [2.05, 4.69) is 4.90 Å². The fraction of sp³-hybridized carbons (Fsp3) is 0.857. The van der Waals surface area contributed by atoms with Crippen LogP contribution in [0.2, 0.25) is 0 Å². The lowest BCUT2D eigenvalue weighted by molar-refractivity contribution is -0.143. The van der Waals surface area contributed by atoms with E-state index in [1.54, 1.807) is 0 Å². The summed E-state index contributed by atoms with van der Waals surface area (Å²) in [5.74, 6) is 0.0415. The Morgan fingerprint density at radius 1 is 1.11 bits per heavy atom. The van der Waals surface area contributed by atoms with Crippen molar-refractivity contribution in [1.82, 2.24) is 9.80 Å². The summed E-state index contributed by atoms with van der Waals surface area (Å²) in [6.45, 7) is 3.17. The quantitative estimate of drug-likeness (QED) is 0.715. The van der Waals surface area contributed by atoms with Gasteiger partial charge in [-0.3, -0.25) is 14.5 Å². The average Bonchev–Trinajstić information content (AvgIpc) is 2.95. The maximum Gasteiger partial charge on any atom is 0.307 e. The predicted molar refractivity (Wildman–Crippen MR) is 71.7 cm³/mol. The van der Waals surface area contributed by atoms with Gasteiger partial charge in [0.15, 0.2) is 0 Å². The van der Waals surface area contributed by atoms with Crippen molar-refractivity contribution in [3.8, 4) is 0 Å². The highest BCUT2D eigenvalue weighted by Crippen LogP contribution is 2.20. The highest BCUT2D eigenvalue weighted by atomic mass is 16.5. The van der Waals surface area contributed by atoms with Crippen LogP contribution in [0.15, 0.2) is 0 Å². The number of methoxy groups -OCH3 is 1. The van der Waals surface area contributed by atoms with Crippen LogP contribution in [0.3, 0.4) is 0 Å². The molecule has 0 spiro atoms. The molecule has 1 amide bonds. The van der Waals surface area contributed by atoms with Crippen molar-refractivity contribution in [3.63, 3.8) is 0 Å². The first-order valence-electron chi connectivity index (χ1n) is 7.29. The van der Waals surface area contributed by atoms with Gasteiger partial charge < -0.3 is 9.64 Å². The molecule has 19 heavy (non-hydrogen) atoms. The molecule has 0 saturated carbocycles. The molecule has 0 N–H and O–H groups in total. The maximum atomic E-state index is 12.2. The molecule has 2 rings (SSSR count). The smallest absolute Gasteiger partial charge is 0.307 e. The van der Waals surface area contributed by atoms with Gasteiger partial charge in [-0.05, 0) is 32.2 Å². The largest absolute Gasteiger partial charge is 0.469 e.